The lowest BCUT2D eigenvalue weighted by molar-refractivity contribution is -0.138. The van der Waals surface area contributed by atoms with Crippen molar-refractivity contribution in [2.75, 3.05) is 13.6 Å². The van der Waals surface area contributed by atoms with Gasteiger partial charge in [0.05, 0.1) is 12.8 Å². The minimum atomic E-state index is -0.938. The number of carboxylic acid groups (broad SMARTS) is 1. The van der Waals surface area contributed by atoms with Gasteiger partial charge in [-0.2, -0.15) is 0 Å². The first-order valence-corrected chi connectivity index (χ1v) is 6.18. The first kappa shape index (κ1) is 14.0. The molecule has 0 fully saturated rings. The van der Waals surface area contributed by atoms with Gasteiger partial charge in [0, 0.05) is 30.7 Å². The Morgan fingerprint density at radius 2 is 2.15 bits per heavy atom. The summed E-state index contributed by atoms with van der Waals surface area (Å²) < 4.78 is 13.1. The average molecular weight is 278 g/mol. The Balaban J connectivity index is 2.08. The third-order valence-corrected chi connectivity index (χ3v) is 3.16. The molecule has 0 radical (unpaired) electrons. The number of H-pyrrole nitrogens is 1. The van der Waals surface area contributed by atoms with E-state index in [0.717, 1.165) is 10.9 Å². The fraction of sp³-hybridized carbons (Fsp3) is 0.286. The van der Waals surface area contributed by atoms with E-state index in [1.807, 2.05) is 0 Å². The second kappa shape index (κ2) is 5.73. The highest BCUT2D eigenvalue weighted by Crippen LogP contribution is 2.20. The van der Waals surface area contributed by atoms with E-state index >= 15 is 0 Å². The summed E-state index contributed by atoms with van der Waals surface area (Å²) in [6.45, 7) is 0.172. The Morgan fingerprint density at radius 3 is 2.85 bits per heavy atom. The van der Waals surface area contributed by atoms with Crippen molar-refractivity contribution in [2.45, 2.75) is 12.8 Å². The molecule has 1 heterocycles. The number of amides is 1. The van der Waals surface area contributed by atoms with Crippen molar-refractivity contribution in [1.82, 2.24) is 9.88 Å². The van der Waals surface area contributed by atoms with E-state index in [1.54, 1.807) is 19.3 Å². The van der Waals surface area contributed by atoms with Crippen LogP contribution in [0.2, 0.25) is 0 Å². The van der Waals surface area contributed by atoms with Crippen LogP contribution in [-0.4, -0.2) is 40.5 Å². The maximum Gasteiger partial charge on any atom is 0.305 e. The highest BCUT2D eigenvalue weighted by atomic mass is 19.1. The fourth-order valence-corrected chi connectivity index (χ4v) is 1.99. The fourth-order valence-electron chi connectivity index (χ4n) is 1.99. The van der Waals surface area contributed by atoms with Gasteiger partial charge in [0.15, 0.2) is 0 Å². The predicted octanol–water partition coefficient (Wildman–Crippen LogP) is 1.78. The van der Waals surface area contributed by atoms with Gasteiger partial charge in [0.1, 0.15) is 5.82 Å². The second-order valence-electron chi connectivity index (χ2n) is 4.64. The van der Waals surface area contributed by atoms with Crippen LogP contribution in [0.25, 0.3) is 10.9 Å². The monoisotopic (exact) mass is 278 g/mol. The van der Waals surface area contributed by atoms with E-state index in [9.17, 15) is 14.0 Å². The SMILES string of the molecule is CN(CCC(=O)O)C(=O)Cc1c[nH]c2cc(F)ccc12. The largest absolute Gasteiger partial charge is 0.481 e. The summed E-state index contributed by atoms with van der Waals surface area (Å²) in [6.07, 6.45) is 1.75. The van der Waals surface area contributed by atoms with E-state index < -0.39 is 5.97 Å². The quantitative estimate of drug-likeness (QED) is 0.875. The third kappa shape index (κ3) is 3.14. The predicted molar refractivity (Wildman–Crippen MR) is 71.9 cm³/mol. The molecular weight excluding hydrogens is 263 g/mol. The third-order valence-electron chi connectivity index (χ3n) is 3.16. The van der Waals surface area contributed by atoms with Gasteiger partial charge in [0.25, 0.3) is 0 Å². The molecule has 20 heavy (non-hydrogen) atoms. The summed E-state index contributed by atoms with van der Waals surface area (Å²) in [7, 11) is 1.57. The summed E-state index contributed by atoms with van der Waals surface area (Å²) in [6, 6.07) is 4.34. The number of carboxylic acids is 1. The smallest absolute Gasteiger partial charge is 0.305 e. The summed E-state index contributed by atoms with van der Waals surface area (Å²) in [4.78, 5) is 26.8. The van der Waals surface area contributed by atoms with Crippen molar-refractivity contribution in [3.05, 3.63) is 35.8 Å². The zero-order chi connectivity index (χ0) is 14.7. The van der Waals surface area contributed by atoms with Crippen LogP contribution in [0.15, 0.2) is 24.4 Å². The molecule has 2 N–H and O–H groups in total. The molecule has 0 unspecified atom stereocenters. The lowest BCUT2D eigenvalue weighted by atomic mass is 10.1. The number of rotatable bonds is 5. The Kier molecular flexibility index (Phi) is 4.02. The highest BCUT2D eigenvalue weighted by molar-refractivity contribution is 5.89. The maximum absolute atomic E-state index is 13.1. The van der Waals surface area contributed by atoms with Crippen molar-refractivity contribution in [3.63, 3.8) is 0 Å². The zero-order valence-corrected chi connectivity index (χ0v) is 11.0. The molecular formula is C14H15FN2O3. The number of aromatic amines is 1. The molecule has 2 aromatic rings. The number of aromatic nitrogens is 1. The number of nitrogens with one attached hydrogen (secondary N) is 1. The molecule has 0 aliphatic heterocycles. The van der Waals surface area contributed by atoms with E-state index in [2.05, 4.69) is 4.98 Å². The Labute approximate surface area is 115 Å². The number of halogens is 1. The van der Waals surface area contributed by atoms with Gasteiger partial charge in [-0.25, -0.2) is 4.39 Å². The van der Waals surface area contributed by atoms with Crippen molar-refractivity contribution >= 4 is 22.8 Å². The van der Waals surface area contributed by atoms with Gasteiger partial charge in [-0.15, -0.1) is 0 Å². The lowest BCUT2D eigenvalue weighted by Gasteiger charge is -2.15. The Bertz CT molecular complexity index is 651. The molecule has 0 spiro atoms. The van der Waals surface area contributed by atoms with Crippen LogP contribution in [0.1, 0.15) is 12.0 Å². The van der Waals surface area contributed by atoms with E-state index in [1.165, 1.54) is 17.0 Å². The van der Waals surface area contributed by atoms with E-state index in [-0.39, 0.29) is 31.1 Å². The summed E-state index contributed by atoms with van der Waals surface area (Å²) in [5.41, 5.74) is 1.41. The molecule has 1 amide bonds. The van der Waals surface area contributed by atoms with Crippen molar-refractivity contribution in [3.8, 4) is 0 Å². The molecule has 106 valence electrons. The second-order valence-corrected chi connectivity index (χ2v) is 4.64. The van der Waals surface area contributed by atoms with Crippen LogP contribution >= 0.6 is 0 Å². The molecule has 6 heteroatoms. The summed E-state index contributed by atoms with van der Waals surface area (Å²) in [5, 5.41) is 9.39. The van der Waals surface area contributed by atoms with Gasteiger partial charge in [0.2, 0.25) is 5.91 Å². The molecule has 0 atom stereocenters. The van der Waals surface area contributed by atoms with Crippen LogP contribution in [0.5, 0.6) is 0 Å². The number of carbonyl (C=O) groups excluding carboxylic acids is 1. The van der Waals surface area contributed by atoms with Crippen molar-refractivity contribution < 1.29 is 19.1 Å². The zero-order valence-electron chi connectivity index (χ0n) is 11.0. The number of likely N-dealkylation sites (N-methyl/N-ethyl adjacent to an activating group) is 1. The van der Waals surface area contributed by atoms with Gasteiger partial charge in [-0.1, -0.05) is 0 Å². The molecule has 0 aliphatic rings. The van der Waals surface area contributed by atoms with Crippen molar-refractivity contribution in [2.24, 2.45) is 0 Å². The minimum Gasteiger partial charge on any atom is -0.481 e. The number of aliphatic carboxylic acids is 1. The van der Waals surface area contributed by atoms with Crippen molar-refractivity contribution in [1.29, 1.82) is 0 Å². The number of nitrogens with zero attached hydrogens (tertiary/aromatic N) is 1. The molecule has 1 aromatic heterocycles. The lowest BCUT2D eigenvalue weighted by Crippen LogP contribution is -2.30. The Hall–Kier alpha value is -2.37. The van der Waals surface area contributed by atoms with Gasteiger partial charge >= 0.3 is 5.97 Å². The number of hydrogen-bond donors (Lipinski definition) is 2. The van der Waals surface area contributed by atoms with Crippen LogP contribution in [0.4, 0.5) is 4.39 Å². The topological polar surface area (TPSA) is 73.4 Å². The molecule has 5 nitrogen and oxygen atoms in total. The molecule has 0 bridgehead atoms. The van der Waals surface area contributed by atoms with E-state index in [4.69, 9.17) is 5.11 Å². The van der Waals surface area contributed by atoms with Crippen LogP contribution < -0.4 is 0 Å². The normalized spacial score (nSPS) is 10.7. The maximum atomic E-state index is 13.1. The van der Waals surface area contributed by atoms with Gasteiger partial charge in [-0.05, 0) is 23.8 Å². The Morgan fingerprint density at radius 1 is 1.40 bits per heavy atom. The van der Waals surface area contributed by atoms with Crippen LogP contribution in [0.3, 0.4) is 0 Å². The molecule has 1 aromatic carbocycles. The molecule has 0 saturated carbocycles. The average Bonchev–Trinajstić information content (AvgIpc) is 2.78. The standard InChI is InChI=1S/C14H15FN2O3/c1-17(5-4-14(19)20)13(18)6-9-8-16-12-7-10(15)2-3-11(9)12/h2-3,7-8,16H,4-6H2,1H3,(H,19,20). The first-order chi connectivity index (χ1) is 9.47. The summed E-state index contributed by atoms with van der Waals surface area (Å²) in [5.74, 6) is -1.44. The summed E-state index contributed by atoms with van der Waals surface area (Å²) >= 11 is 0. The number of benzene rings is 1. The first-order valence-electron chi connectivity index (χ1n) is 6.18. The molecule has 2 rings (SSSR count). The van der Waals surface area contributed by atoms with Crippen LogP contribution in [-0.2, 0) is 16.0 Å². The number of hydrogen-bond acceptors (Lipinski definition) is 2. The minimum absolute atomic E-state index is 0.0820. The van der Waals surface area contributed by atoms with E-state index in [0.29, 0.717) is 5.52 Å². The van der Waals surface area contributed by atoms with Gasteiger partial charge in [-0.3, -0.25) is 9.59 Å². The van der Waals surface area contributed by atoms with Gasteiger partial charge < -0.3 is 15.0 Å². The highest BCUT2D eigenvalue weighted by Gasteiger charge is 2.13. The number of carbonyl (C=O) groups is 2. The molecule has 0 saturated heterocycles. The van der Waals surface area contributed by atoms with Crippen LogP contribution in [0, 0.1) is 5.82 Å². The molecule has 0 aliphatic carbocycles. The number of fused-ring (bicyclic) bond motifs is 1.